The van der Waals surface area contributed by atoms with Crippen molar-refractivity contribution in [2.75, 3.05) is 13.1 Å². The minimum atomic E-state index is -0.995. The third-order valence-electron chi connectivity index (χ3n) is 5.67. The van der Waals surface area contributed by atoms with Crippen molar-refractivity contribution in [3.05, 3.63) is 0 Å². The molecule has 2 aliphatic carbocycles. The standard InChI is InChI=1S/C14H24N2O2/c15-14(12(17)18)8-9-16(10-14)11-4-7-13(11)5-2-1-3-6-13/h11H,1-10,15H2,(H,17,18). The highest BCUT2D eigenvalue weighted by molar-refractivity contribution is 5.79. The molecule has 2 atom stereocenters. The molecule has 0 aromatic carbocycles. The summed E-state index contributed by atoms with van der Waals surface area (Å²) in [6, 6.07) is 0.613. The molecule has 0 aromatic heterocycles. The number of nitrogens with two attached hydrogens (primary N) is 1. The SMILES string of the molecule is NC1(C(=O)O)CCN(C2CCC23CCCCC3)C1. The second-order valence-corrected chi connectivity index (χ2v) is 6.66. The lowest BCUT2D eigenvalue weighted by atomic mass is 9.57. The Hall–Kier alpha value is -0.610. The Bertz CT molecular complexity index is 352. The zero-order valence-corrected chi connectivity index (χ0v) is 11.0. The van der Waals surface area contributed by atoms with Gasteiger partial charge in [-0.05, 0) is 37.5 Å². The van der Waals surface area contributed by atoms with E-state index < -0.39 is 11.5 Å². The Morgan fingerprint density at radius 1 is 1.17 bits per heavy atom. The molecule has 1 aliphatic heterocycles. The fourth-order valence-electron chi connectivity index (χ4n) is 4.39. The smallest absolute Gasteiger partial charge is 0.325 e. The summed E-state index contributed by atoms with van der Waals surface area (Å²) >= 11 is 0. The summed E-state index contributed by atoms with van der Waals surface area (Å²) in [4.78, 5) is 13.6. The van der Waals surface area contributed by atoms with E-state index in [0.29, 0.717) is 24.4 Å². The summed E-state index contributed by atoms with van der Waals surface area (Å²) in [5.74, 6) is -0.831. The van der Waals surface area contributed by atoms with Gasteiger partial charge in [-0.3, -0.25) is 9.69 Å². The molecule has 4 nitrogen and oxygen atoms in total. The molecule has 3 fully saturated rings. The highest BCUT2D eigenvalue weighted by Crippen LogP contribution is 2.54. The molecule has 3 N–H and O–H groups in total. The monoisotopic (exact) mass is 252 g/mol. The molecule has 1 heterocycles. The van der Waals surface area contributed by atoms with Crippen molar-refractivity contribution < 1.29 is 9.90 Å². The lowest BCUT2D eigenvalue weighted by Crippen LogP contribution is -2.58. The average molecular weight is 252 g/mol. The van der Waals surface area contributed by atoms with Gasteiger partial charge in [0.05, 0.1) is 0 Å². The van der Waals surface area contributed by atoms with Crippen LogP contribution in [0.5, 0.6) is 0 Å². The lowest BCUT2D eigenvalue weighted by molar-refractivity contribution is -0.143. The van der Waals surface area contributed by atoms with Crippen LogP contribution < -0.4 is 5.73 Å². The molecule has 4 heteroatoms. The zero-order chi connectivity index (χ0) is 12.8. The molecule has 0 bridgehead atoms. The Balaban J connectivity index is 1.68. The molecule has 1 saturated heterocycles. The molecule has 3 rings (SSSR count). The second-order valence-electron chi connectivity index (χ2n) is 6.66. The van der Waals surface area contributed by atoms with E-state index in [1.807, 2.05) is 0 Å². The van der Waals surface area contributed by atoms with Crippen LogP contribution in [0.25, 0.3) is 0 Å². The van der Waals surface area contributed by atoms with E-state index >= 15 is 0 Å². The maximum absolute atomic E-state index is 11.2. The van der Waals surface area contributed by atoms with Crippen molar-refractivity contribution in [1.82, 2.24) is 4.90 Å². The summed E-state index contributed by atoms with van der Waals surface area (Å²) in [5.41, 5.74) is 5.51. The topological polar surface area (TPSA) is 66.6 Å². The molecule has 0 aromatic rings. The van der Waals surface area contributed by atoms with Gasteiger partial charge in [-0.2, -0.15) is 0 Å². The minimum absolute atomic E-state index is 0.516. The molecule has 0 amide bonds. The molecule has 18 heavy (non-hydrogen) atoms. The fourth-order valence-corrected chi connectivity index (χ4v) is 4.39. The maximum Gasteiger partial charge on any atom is 0.325 e. The van der Waals surface area contributed by atoms with Crippen LogP contribution in [0.3, 0.4) is 0 Å². The van der Waals surface area contributed by atoms with Gasteiger partial charge in [0, 0.05) is 19.1 Å². The first-order chi connectivity index (χ1) is 8.56. The molecule has 3 aliphatic rings. The van der Waals surface area contributed by atoms with Gasteiger partial charge in [0.25, 0.3) is 0 Å². The largest absolute Gasteiger partial charge is 0.480 e. The number of nitrogens with zero attached hydrogens (tertiary/aromatic N) is 1. The van der Waals surface area contributed by atoms with Crippen molar-refractivity contribution in [3.8, 4) is 0 Å². The van der Waals surface area contributed by atoms with Crippen LogP contribution in [-0.2, 0) is 4.79 Å². The first-order valence-corrected chi connectivity index (χ1v) is 7.32. The second kappa shape index (κ2) is 4.20. The summed E-state index contributed by atoms with van der Waals surface area (Å²) in [7, 11) is 0. The van der Waals surface area contributed by atoms with E-state index in [0.717, 1.165) is 6.54 Å². The number of rotatable bonds is 2. The highest BCUT2D eigenvalue weighted by Gasteiger charge is 2.53. The van der Waals surface area contributed by atoms with Gasteiger partial charge < -0.3 is 10.8 Å². The van der Waals surface area contributed by atoms with Crippen molar-refractivity contribution in [3.63, 3.8) is 0 Å². The Kier molecular flexibility index (Phi) is 2.90. The highest BCUT2D eigenvalue weighted by atomic mass is 16.4. The number of likely N-dealkylation sites (tertiary alicyclic amines) is 1. The molecular weight excluding hydrogens is 228 g/mol. The van der Waals surface area contributed by atoms with Crippen LogP contribution in [0, 0.1) is 5.41 Å². The number of aliphatic carboxylic acids is 1. The molecule has 102 valence electrons. The number of hydrogen-bond acceptors (Lipinski definition) is 3. The van der Waals surface area contributed by atoms with Crippen LogP contribution in [0.4, 0.5) is 0 Å². The van der Waals surface area contributed by atoms with Crippen molar-refractivity contribution >= 4 is 5.97 Å². The van der Waals surface area contributed by atoms with Gasteiger partial charge >= 0.3 is 5.97 Å². The normalized spacial score (nSPS) is 39.7. The van der Waals surface area contributed by atoms with E-state index in [-0.39, 0.29) is 0 Å². The maximum atomic E-state index is 11.2. The first-order valence-electron chi connectivity index (χ1n) is 7.32. The van der Waals surface area contributed by atoms with Crippen LogP contribution in [-0.4, -0.2) is 40.6 Å². The first kappa shape index (κ1) is 12.4. The van der Waals surface area contributed by atoms with E-state index in [4.69, 9.17) is 5.73 Å². The Morgan fingerprint density at radius 3 is 2.39 bits per heavy atom. The van der Waals surface area contributed by atoms with Gasteiger partial charge in [-0.15, -0.1) is 0 Å². The molecule has 1 spiro atoms. The predicted molar refractivity (Wildman–Crippen MR) is 69.3 cm³/mol. The average Bonchev–Trinajstić information content (AvgIpc) is 2.73. The van der Waals surface area contributed by atoms with E-state index in [1.165, 1.54) is 44.9 Å². The minimum Gasteiger partial charge on any atom is -0.480 e. The van der Waals surface area contributed by atoms with Gasteiger partial charge in [0.1, 0.15) is 5.54 Å². The third kappa shape index (κ3) is 1.77. The van der Waals surface area contributed by atoms with E-state index in [9.17, 15) is 9.90 Å². The number of carboxylic acid groups (broad SMARTS) is 1. The molecular formula is C14H24N2O2. The van der Waals surface area contributed by atoms with Crippen LogP contribution in [0.2, 0.25) is 0 Å². The number of carboxylic acids is 1. The summed E-state index contributed by atoms with van der Waals surface area (Å²) in [6.45, 7) is 1.42. The van der Waals surface area contributed by atoms with Crippen molar-refractivity contribution in [2.24, 2.45) is 11.1 Å². The van der Waals surface area contributed by atoms with Crippen molar-refractivity contribution in [2.45, 2.75) is 62.9 Å². The molecule has 2 unspecified atom stereocenters. The van der Waals surface area contributed by atoms with Gasteiger partial charge in [-0.1, -0.05) is 19.3 Å². The lowest BCUT2D eigenvalue weighted by Gasteiger charge is -2.56. The van der Waals surface area contributed by atoms with E-state index in [1.54, 1.807) is 0 Å². The van der Waals surface area contributed by atoms with Gasteiger partial charge in [0.15, 0.2) is 0 Å². The number of hydrogen-bond donors (Lipinski definition) is 2. The third-order valence-corrected chi connectivity index (χ3v) is 5.67. The van der Waals surface area contributed by atoms with E-state index in [2.05, 4.69) is 4.90 Å². The Morgan fingerprint density at radius 2 is 1.89 bits per heavy atom. The predicted octanol–water partition coefficient (Wildman–Crippen LogP) is 1.59. The molecule has 0 radical (unpaired) electrons. The summed E-state index contributed by atoms with van der Waals surface area (Å²) in [5, 5.41) is 9.21. The molecule has 2 saturated carbocycles. The van der Waals surface area contributed by atoms with Crippen LogP contribution in [0.15, 0.2) is 0 Å². The van der Waals surface area contributed by atoms with Gasteiger partial charge in [-0.25, -0.2) is 0 Å². The summed E-state index contributed by atoms with van der Waals surface area (Å²) in [6.07, 6.45) is 9.99. The fraction of sp³-hybridized carbons (Fsp3) is 0.929. The zero-order valence-electron chi connectivity index (χ0n) is 11.0. The Labute approximate surface area is 109 Å². The van der Waals surface area contributed by atoms with Crippen LogP contribution in [0.1, 0.15) is 51.4 Å². The van der Waals surface area contributed by atoms with Crippen LogP contribution >= 0.6 is 0 Å². The summed E-state index contributed by atoms with van der Waals surface area (Å²) < 4.78 is 0. The van der Waals surface area contributed by atoms with Crippen molar-refractivity contribution in [1.29, 1.82) is 0 Å². The van der Waals surface area contributed by atoms with Gasteiger partial charge in [0.2, 0.25) is 0 Å². The number of carbonyl (C=O) groups is 1. The quantitative estimate of drug-likeness (QED) is 0.783.